The van der Waals surface area contributed by atoms with Gasteiger partial charge in [-0.15, -0.1) is 10.2 Å². The van der Waals surface area contributed by atoms with Gasteiger partial charge in [0.15, 0.2) is 11.5 Å². The molecule has 1 N–H and O–H groups in total. The number of rotatable bonds is 2. The zero-order chi connectivity index (χ0) is 13.9. The Balaban J connectivity index is 1.85. The summed E-state index contributed by atoms with van der Waals surface area (Å²) in [5.41, 5.74) is 2.66. The fourth-order valence-corrected chi connectivity index (χ4v) is 2.50. The third kappa shape index (κ3) is 2.47. The summed E-state index contributed by atoms with van der Waals surface area (Å²) >= 11 is 0. The van der Waals surface area contributed by atoms with Crippen LogP contribution in [0.5, 0.6) is 0 Å². The lowest BCUT2D eigenvalue weighted by Gasteiger charge is -2.21. The Labute approximate surface area is 116 Å². The van der Waals surface area contributed by atoms with Crippen LogP contribution in [-0.2, 0) is 13.0 Å². The van der Waals surface area contributed by atoms with Gasteiger partial charge in [0.05, 0.1) is 0 Å². The third-order valence-corrected chi connectivity index (χ3v) is 3.55. The molecule has 1 aliphatic rings. The smallest absolute Gasteiger partial charge is 0.356 e. The van der Waals surface area contributed by atoms with E-state index in [1.807, 2.05) is 6.07 Å². The highest BCUT2D eigenvalue weighted by Crippen LogP contribution is 2.22. The van der Waals surface area contributed by atoms with E-state index in [9.17, 15) is 4.79 Å². The first-order valence-corrected chi connectivity index (χ1v) is 6.63. The molecule has 0 amide bonds. The topological polar surface area (TPSA) is 66.3 Å². The van der Waals surface area contributed by atoms with Crippen LogP contribution in [-0.4, -0.2) is 27.8 Å². The Kier molecular flexibility index (Phi) is 3.33. The van der Waals surface area contributed by atoms with Crippen LogP contribution < -0.4 is 4.90 Å². The molecule has 2 heterocycles. The monoisotopic (exact) mass is 269 g/mol. The van der Waals surface area contributed by atoms with Crippen molar-refractivity contribution in [2.24, 2.45) is 0 Å². The molecule has 2 aromatic rings. The van der Waals surface area contributed by atoms with Crippen LogP contribution >= 0.6 is 0 Å². The number of hydrogen-bond donors (Lipinski definition) is 1. The maximum Gasteiger partial charge on any atom is 0.356 e. The molecule has 1 aromatic carbocycles. The summed E-state index contributed by atoms with van der Waals surface area (Å²) in [4.78, 5) is 12.9. The molecule has 0 aliphatic carbocycles. The third-order valence-electron chi connectivity index (χ3n) is 3.55. The van der Waals surface area contributed by atoms with Crippen molar-refractivity contribution in [3.05, 3.63) is 53.2 Å². The van der Waals surface area contributed by atoms with Gasteiger partial charge in [-0.05, 0) is 36.1 Å². The molecule has 0 unspecified atom stereocenters. The molecule has 1 aliphatic heterocycles. The van der Waals surface area contributed by atoms with E-state index in [1.165, 1.54) is 17.2 Å². The van der Waals surface area contributed by atoms with E-state index >= 15 is 0 Å². The summed E-state index contributed by atoms with van der Waals surface area (Å²) in [5.74, 6) is -0.322. The van der Waals surface area contributed by atoms with Crippen molar-refractivity contribution in [3.8, 4) is 0 Å². The lowest BCUT2D eigenvalue weighted by Crippen LogP contribution is -2.24. The number of anilines is 1. The number of carboxylic acid groups (broad SMARTS) is 1. The number of hydrogen-bond acceptors (Lipinski definition) is 4. The molecule has 0 fully saturated rings. The zero-order valence-electron chi connectivity index (χ0n) is 11.0. The highest BCUT2D eigenvalue weighted by molar-refractivity contribution is 5.85. The van der Waals surface area contributed by atoms with E-state index in [0.29, 0.717) is 0 Å². The quantitative estimate of drug-likeness (QED) is 0.904. The van der Waals surface area contributed by atoms with Crippen LogP contribution in [0, 0.1) is 0 Å². The highest BCUT2D eigenvalue weighted by Gasteiger charge is 2.16. The fourth-order valence-electron chi connectivity index (χ4n) is 2.50. The fraction of sp³-hybridized carbons (Fsp3) is 0.267. The van der Waals surface area contributed by atoms with Crippen LogP contribution in [0.1, 0.15) is 28.0 Å². The second-order valence-electron chi connectivity index (χ2n) is 4.88. The number of carboxylic acids is 1. The average molecular weight is 269 g/mol. The summed E-state index contributed by atoms with van der Waals surface area (Å²) in [5, 5.41) is 16.6. The zero-order valence-corrected chi connectivity index (χ0v) is 11.0. The van der Waals surface area contributed by atoms with Crippen LogP contribution in [0.25, 0.3) is 0 Å². The average Bonchev–Trinajstić information content (AvgIpc) is 2.69. The summed E-state index contributed by atoms with van der Waals surface area (Å²) in [7, 11) is 0. The standard InChI is InChI=1S/C15H15N3O2/c19-15(20)13-7-8-14(17-16-13)18-9-3-6-11-4-1-2-5-12(11)10-18/h1-2,4-5,7-8H,3,6,9-10H2,(H,19,20). The molecule has 0 bridgehead atoms. The van der Waals surface area contributed by atoms with Crippen molar-refractivity contribution in [1.82, 2.24) is 10.2 Å². The first-order valence-electron chi connectivity index (χ1n) is 6.63. The van der Waals surface area contributed by atoms with Gasteiger partial charge >= 0.3 is 5.97 Å². The van der Waals surface area contributed by atoms with E-state index in [0.717, 1.165) is 31.7 Å². The van der Waals surface area contributed by atoms with Crippen molar-refractivity contribution < 1.29 is 9.90 Å². The van der Waals surface area contributed by atoms with E-state index < -0.39 is 5.97 Å². The predicted octanol–water partition coefficient (Wildman–Crippen LogP) is 2.13. The normalized spacial score (nSPS) is 14.5. The number of carbonyl (C=O) groups is 1. The minimum Gasteiger partial charge on any atom is -0.476 e. The molecule has 5 nitrogen and oxygen atoms in total. The molecule has 1 aromatic heterocycles. The number of fused-ring (bicyclic) bond motifs is 1. The Morgan fingerprint density at radius 2 is 1.90 bits per heavy atom. The largest absolute Gasteiger partial charge is 0.476 e. The molecule has 20 heavy (non-hydrogen) atoms. The Hall–Kier alpha value is -2.43. The molecular weight excluding hydrogens is 254 g/mol. The summed E-state index contributed by atoms with van der Waals surface area (Å²) in [6.07, 6.45) is 2.12. The molecular formula is C15H15N3O2. The van der Waals surface area contributed by atoms with Gasteiger partial charge in [0.1, 0.15) is 0 Å². The van der Waals surface area contributed by atoms with Gasteiger partial charge in [0.2, 0.25) is 0 Å². The number of benzene rings is 1. The van der Waals surface area contributed by atoms with Gasteiger partial charge in [-0.2, -0.15) is 0 Å². The van der Waals surface area contributed by atoms with Gasteiger partial charge in [-0.25, -0.2) is 4.79 Å². The predicted molar refractivity (Wildman–Crippen MR) is 74.8 cm³/mol. The van der Waals surface area contributed by atoms with Crippen molar-refractivity contribution in [1.29, 1.82) is 0 Å². The van der Waals surface area contributed by atoms with Gasteiger partial charge in [-0.3, -0.25) is 0 Å². The number of aromatic nitrogens is 2. The minimum absolute atomic E-state index is 0.0241. The number of aryl methyl sites for hydroxylation is 1. The van der Waals surface area contributed by atoms with Crippen LogP contribution in [0.15, 0.2) is 36.4 Å². The molecule has 0 radical (unpaired) electrons. The van der Waals surface area contributed by atoms with E-state index in [1.54, 1.807) is 6.07 Å². The molecule has 0 saturated heterocycles. The molecule has 3 rings (SSSR count). The molecule has 0 spiro atoms. The highest BCUT2D eigenvalue weighted by atomic mass is 16.4. The van der Waals surface area contributed by atoms with Gasteiger partial charge in [0.25, 0.3) is 0 Å². The van der Waals surface area contributed by atoms with Gasteiger partial charge in [0, 0.05) is 13.1 Å². The minimum atomic E-state index is -1.05. The van der Waals surface area contributed by atoms with Gasteiger partial charge in [-0.1, -0.05) is 24.3 Å². The van der Waals surface area contributed by atoms with Gasteiger partial charge < -0.3 is 10.0 Å². The second kappa shape index (κ2) is 5.28. The molecule has 102 valence electrons. The van der Waals surface area contributed by atoms with E-state index in [4.69, 9.17) is 5.11 Å². The lowest BCUT2D eigenvalue weighted by molar-refractivity contribution is 0.0689. The first-order chi connectivity index (χ1) is 9.74. The van der Waals surface area contributed by atoms with E-state index in [-0.39, 0.29) is 5.69 Å². The second-order valence-corrected chi connectivity index (χ2v) is 4.88. The molecule has 0 atom stereocenters. The SMILES string of the molecule is O=C(O)c1ccc(N2CCCc3ccccc3C2)nn1. The Morgan fingerprint density at radius 3 is 2.60 bits per heavy atom. The summed E-state index contributed by atoms with van der Waals surface area (Å²) in [6.45, 7) is 1.69. The Bertz CT molecular complexity index is 625. The van der Waals surface area contributed by atoms with Crippen molar-refractivity contribution in [2.45, 2.75) is 19.4 Å². The van der Waals surface area contributed by atoms with Crippen molar-refractivity contribution in [2.75, 3.05) is 11.4 Å². The molecule has 0 saturated carbocycles. The Morgan fingerprint density at radius 1 is 1.10 bits per heavy atom. The van der Waals surface area contributed by atoms with Crippen LogP contribution in [0.2, 0.25) is 0 Å². The number of aromatic carboxylic acids is 1. The van der Waals surface area contributed by atoms with Crippen LogP contribution in [0.3, 0.4) is 0 Å². The van der Waals surface area contributed by atoms with E-state index in [2.05, 4.69) is 33.3 Å². The lowest BCUT2D eigenvalue weighted by atomic mass is 10.0. The molecule has 5 heteroatoms. The maximum absolute atomic E-state index is 10.8. The first kappa shape index (κ1) is 12.6. The van der Waals surface area contributed by atoms with Crippen molar-refractivity contribution in [3.63, 3.8) is 0 Å². The summed E-state index contributed by atoms with van der Waals surface area (Å²) in [6, 6.07) is 11.6. The maximum atomic E-state index is 10.8. The van der Waals surface area contributed by atoms with Crippen LogP contribution in [0.4, 0.5) is 5.82 Å². The summed E-state index contributed by atoms with van der Waals surface area (Å²) < 4.78 is 0. The van der Waals surface area contributed by atoms with Crippen molar-refractivity contribution >= 4 is 11.8 Å². The number of nitrogens with zero attached hydrogens (tertiary/aromatic N) is 3.